The van der Waals surface area contributed by atoms with E-state index in [9.17, 15) is 98.5 Å². The summed E-state index contributed by atoms with van der Waals surface area (Å²) in [6.07, 6.45) is -46.1. The Morgan fingerprint density at radius 1 is 0.451 bits per heavy atom. The van der Waals surface area contributed by atoms with Crippen LogP contribution in [0.25, 0.3) is 0 Å². The quantitative estimate of drug-likeness (QED) is 0.0375. The van der Waals surface area contributed by atoms with Gasteiger partial charge in [-0.1, -0.05) is 0 Å². The van der Waals surface area contributed by atoms with Crippen LogP contribution in [0.2, 0.25) is 0 Å². The molecule has 0 saturated carbocycles. The van der Waals surface area contributed by atoms with Crippen molar-refractivity contribution in [3.63, 3.8) is 0 Å². The zero-order valence-corrected chi connectivity index (χ0v) is 45.2. The molecule has 0 aromatic rings. The Bertz CT molecular complexity index is 2230. The van der Waals surface area contributed by atoms with Crippen LogP contribution in [-0.2, 0) is 85.9 Å². The molecule has 30 atom stereocenters. The number of aliphatic hydroxyl groups excluding tert-OH is 13. The van der Waals surface area contributed by atoms with Gasteiger partial charge in [0.05, 0.1) is 45.2 Å². The van der Waals surface area contributed by atoms with Crippen LogP contribution >= 0.6 is 0 Å². The number of hydrogen-bond donors (Lipinski definition) is 18. The number of ether oxygens (including phenoxy) is 11. The summed E-state index contributed by atoms with van der Waals surface area (Å²) < 4.78 is 105. The average molecular weight is 1220 g/mol. The van der Waals surface area contributed by atoms with E-state index in [1.807, 2.05) is 0 Å². The third-order valence-electron chi connectivity index (χ3n) is 14.3. The third kappa shape index (κ3) is 16.0. The Kier molecular flexibility index (Phi) is 24.0. The molecule has 6 rings (SSSR count). The largest absolute Gasteiger partial charge is 0.726 e. The van der Waals surface area contributed by atoms with Gasteiger partial charge in [-0.05, 0) is 6.92 Å². The lowest BCUT2D eigenvalue weighted by molar-refractivity contribution is -0.368. The first kappa shape index (κ1) is 67.9. The van der Waals surface area contributed by atoms with Gasteiger partial charge in [0.15, 0.2) is 37.7 Å². The van der Waals surface area contributed by atoms with Crippen molar-refractivity contribution in [3.8, 4) is 0 Å². The summed E-state index contributed by atoms with van der Waals surface area (Å²) in [6, 6.07) is -8.78. The SMILES string of the molecule is CC(=O)NC1C(O)OC(COC2OC(C)C(O)C(O)C2O)C(OC2OC(COS(=O)(=O)[O-])C(OC3OC(CO)C(OC4OC(CO)C(OC5OC(CO)C(O)C(O)C5N)C(O)C4NC(C)=O)C(O)C3NC(C)=O)C(O)C2NC(C)=O)C1O. The summed E-state index contributed by atoms with van der Waals surface area (Å²) >= 11 is 0. The standard InChI is InChI=1S/C44H75N5O32S/c1-11-26(57)33(64)34(65)44(72-11)70-9-19-37(29(60)22(39(66)73-19)46-12(2)53)80-43-25(49-15(5)56)32(63)38(20(77-43)10-71-82(67,68)69)81-42-24(48-14(4)55)31(62)36(18(8-52)76-42)79-41-23(47-13(3)54)30(61)35(17(7-51)75-41)78-40-21(45)28(59)27(58)16(6-50)74-40/h11,16-44,50-52,57-66H,6-10,45H2,1-5H3,(H,46,53)(H,47,54)(H,48,55)(H,49,56)(H,67,68,69)/p-1. The van der Waals surface area contributed by atoms with Crippen LogP contribution in [-0.4, -0.2) is 320 Å². The molecule has 37 nitrogen and oxygen atoms in total. The number of aliphatic hydroxyl groups is 13. The first-order chi connectivity index (χ1) is 38.4. The molecule has 19 N–H and O–H groups in total. The van der Waals surface area contributed by atoms with Gasteiger partial charge in [-0.15, -0.1) is 0 Å². The fraction of sp³-hybridized carbons (Fsp3) is 0.909. The summed E-state index contributed by atoms with van der Waals surface area (Å²) in [7, 11) is -5.65. The van der Waals surface area contributed by atoms with Crippen molar-refractivity contribution in [1.29, 1.82) is 0 Å². The number of carbonyl (C=O) groups excluding carboxylic acids is 4. The maximum absolute atomic E-state index is 12.8. The first-order valence-corrected chi connectivity index (χ1v) is 27.0. The molecule has 0 aromatic heterocycles. The minimum absolute atomic E-state index is 0.809. The molecule has 6 saturated heterocycles. The van der Waals surface area contributed by atoms with Gasteiger partial charge in [-0.3, -0.25) is 23.4 Å². The van der Waals surface area contributed by atoms with Crippen LogP contribution in [0, 0.1) is 0 Å². The van der Waals surface area contributed by atoms with Crippen molar-refractivity contribution in [2.45, 2.75) is 219 Å². The minimum Gasteiger partial charge on any atom is -0.726 e. The number of amides is 4. The predicted molar refractivity (Wildman–Crippen MR) is 255 cm³/mol. The Hall–Kier alpha value is -3.25. The zero-order chi connectivity index (χ0) is 61.0. The predicted octanol–water partition coefficient (Wildman–Crippen LogP) is -13.0. The first-order valence-electron chi connectivity index (χ1n) is 25.6. The summed E-state index contributed by atoms with van der Waals surface area (Å²) in [4.78, 5) is 50.5. The van der Waals surface area contributed by atoms with Gasteiger partial charge >= 0.3 is 0 Å². The number of rotatable bonds is 21. The summed E-state index contributed by atoms with van der Waals surface area (Å²) in [5.41, 5.74) is 6.03. The smallest absolute Gasteiger partial charge is 0.217 e. The van der Waals surface area contributed by atoms with E-state index in [1.54, 1.807) is 0 Å². The number of nitrogens with two attached hydrogens (primary N) is 1. The lowest BCUT2D eigenvalue weighted by Crippen LogP contribution is -2.72. The Labute approximate surface area is 466 Å². The highest BCUT2D eigenvalue weighted by atomic mass is 32.3. The van der Waals surface area contributed by atoms with E-state index in [4.69, 9.17) is 57.8 Å². The molecule has 474 valence electrons. The molecule has 6 aliphatic rings. The van der Waals surface area contributed by atoms with Gasteiger partial charge in [-0.2, -0.15) is 0 Å². The normalized spacial score (nSPS) is 45.6. The molecular weight excluding hydrogens is 1140 g/mol. The third-order valence-corrected chi connectivity index (χ3v) is 14.7. The molecule has 30 unspecified atom stereocenters. The highest BCUT2D eigenvalue weighted by Crippen LogP contribution is 2.36. The molecule has 0 radical (unpaired) electrons. The zero-order valence-electron chi connectivity index (χ0n) is 44.4. The Balaban J connectivity index is 1.28. The van der Waals surface area contributed by atoms with Crippen LogP contribution in [0.1, 0.15) is 34.6 Å². The molecule has 0 spiro atoms. The van der Waals surface area contributed by atoms with Crippen molar-refractivity contribution in [3.05, 3.63) is 0 Å². The molecule has 0 aliphatic carbocycles. The van der Waals surface area contributed by atoms with Gasteiger partial charge in [0.1, 0.15) is 134 Å². The van der Waals surface area contributed by atoms with Gasteiger partial charge < -0.3 is 150 Å². The summed E-state index contributed by atoms with van der Waals surface area (Å²) in [6.45, 7) is 0.170. The molecule has 38 heteroatoms. The van der Waals surface area contributed by atoms with E-state index >= 15 is 0 Å². The monoisotopic (exact) mass is 1220 g/mol. The van der Waals surface area contributed by atoms with Crippen LogP contribution in [0.5, 0.6) is 0 Å². The summed E-state index contributed by atoms with van der Waals surface area (Å²) in [5.74, 6) is -3.49. The molecule has 4 amide bonds. The highest BCUT2D eigenvalue weighted by Gasteiger charge is 2.58. The van der Waals surface area contributed by atoms with Crippen molar-refractivity contribution < 1.29 is 155 Å². The van der Waals surface area contributed by atoms with Crippen LogP contribution in [0.3, 0.4) is 0 Å². The van der Waals surface area contributed by atoms with E-state index in [2.05, 4.69) is 25.5 Å². The highest BCUT2D eigenvalue weighted by molar-refractivity contribution is 7.80. The molecule has 0 bridgehead atoms. The minimum atomic E-state index is -5.65. The fourth-order valence-corrected chi connectivity index (χ4v) is 10.5. The van der Waals surface area contributed by atoms with Gasteiger partial charge in [0, 0.05) is 27.7 Å². The van der Waals surface area contributed by atoms with E-state index < -0.39 is 251 Å². The van der Waals surface area contributed by atoms with Crippen LogP contribution in [0.15, 0.2) is 0 Å². The maximum Gasteiger partial charge on any atom is 0.217 e. The van der Waals surface area contributed by atoms with Crippen molar-refractivity contribution in [2.24, 2.45) is 5.73 Å². The van der Waals surface area contributed by atoms with Crippen molar-refractivity contribution in [1.82, 2.24) is 21.3 Å². The summed E-state index contributed by atoms with van der Waals surface area (Å²) in [5, 5.41) is 151. The second-order valence-corrected chi connectivity index (χ2v) is 21.4. The molecule has 6 fully saturated rings. The van der Waals surface area contributed by atoms with E-state index in [1.165, 1.54) is 6.92 Å². The fourth-order valence-electron chi connectivity index (χ4n) is 10.2. The van der Waals surface area contributed by atoms with Crippen LogP contribution < -0.4 is 27.0 Å². The lowest BCUT2D eigenvalue weighted by Gasteiger charge is -2.51. The number of carbonyl (C=O) groups is 4. The van der Waals surface area contributed by atoms with Crippen molar-refractivity contribution >= 4 is 34.0 Å². The van der Waals surface area contributed by atoms with Crippen molar-refractivity contribution in [2.75, 3.05) is 33.0 Å². The molecular formula is C44H74N5O32S-. The topological polar surface area (TPSA) is 573 Å². The number of nitrogens with one attached hydrogen (secondary N) is 4. The van der Waals surface area contributed by atoms with Gasteiger partial charge in [0.2, 0.25) is 34.0 Å². The van der Waals surface area contributed by atoms with Crippen LogP contribution in [0.4, 0.5) is 0 Å². The van der Waals surface area contributed by atoms with E-state index in [0.717, 1.165) is 27.7 Å². The maximum atomic E-state index is 12.8. The van der Waals surface area contributed by atoms with E-state index in [-0.39, 0.29) is 0 Å². The molecule has 6 aliphatic heterocycles. The Morgan fingerprint density at radius 2 is 0.817 bits per heavy atom. The Morgan fingerprint density at radius 3 is 1.23 bits per heavy atom. The molecule has 82 heavy (non-hydrogen) atoms. The second-order valence-electron chi connectivity index (χ2n) is 20.3. The second kappa shape index (κ2) is 29.0. The molecule has 6 heterocycles. The average Bonchev–Trinajstić information content (AvgIpc) is 2.22. The number of hydrogen-bond acceptors (Lipinski definition) is 33. The van der Waals surface area contributed by atoms with E-state index in [0.29, 0.717) is 0 Å². The lowest BCUT2D eigenvalue weighted by atomic mass is 9.93. The van der Waals surface area contributed by atoms with Gasteiger partial charge in [0.25, 0.3) is 0 Å². The molecule has 0 aromatic carbocycles. The van der Waals surface area contributed by atoms with Gasteiger partial charge in [-0.25, -0.2) is 8.42 Å².